The minimum Gasteiger partial charge on any atom is -0.385 e. The van der Waals surface area contributed by atoms with E-state index < -0.39 is 88.9 Å². The van der Waals surface area contributed by atoms with E-state index in [0.717, 1.165) is 58.5 Å². The van der Waals surface area contributed by atoms with Crippen LogP contribution >= 0.6 is 0 Å². The topological polar surface area (TPSA) is 327 Å². The molecule has 22 nitrogen and oxygen atoms in total. The average Bonchev–Trinajstić information content (AvgIpc) is 3.84. The van der Waals surface area contributed by atoms with Crippen LogP contribution in [0.5, 0.6) is 0 Å². The van der Waals surface area contributed by atoms with E-state index in [-0.39, 0.29) is 66.7 Å². The monoisotopic (exact) mass is 966 g/mol. The van der Waals surface area contributed by atoms with Crippen LogP contribution in [0, 0.1) is 5.82 Å². The van der Waals surface area contributed by atoms with Crippen molar-refractivity contribution in [2.45, 2.75) is 83.3 Å². The van der Waals surface area contributed by atoms with E-state index in [1.165, 1.54) is 6.07 Å². The van der Waals surface area contributed by atoms with Crippen molar-refractivity contribution in [2.75, 3.05) is 36.8 Å². The van der Waals surface area contributed by atoms with Gasteiger partial charge in [0.25, 0.3) is 35.4 Å². The summed E-state index contributed by atoms with van der Waals surface area (Å²) >= 11 is 0. The van der Waals surface area contributed by atoms with Crippen LogP contribution in [0.4, 0.5) is 15.8 Å². The van der Waals surface area contributed by atoms with Crippen LogP contribution in [0.3, 0.4) is 0 Å². The molecule has 9 rings (SSSR count). The first-order valence-corrected chi connectivity index (χ1v) is 22.6. The lowest BCUT2D eigenvalue weighted by Crippen LogP contribution is -2.54. The molecule has 6 aliphatic heterocycles. The lowest BCUT2D eigenvalue weighted by molar-refractivity contribution is -0.137. The summed E-state index contributed by atoms with van der Waals surface area (Å²) in [4.78, 5) is 146. The molecule has 6 aliphatic rings. The summed E-state index contributed by atoms with van der Waals surface area (Å²) < 4.78 is 13.2. The van der Waals surface area contributed by atoms with E-state index in [2.05, 4.69) is 33.5 Å². The third-order valence-electron chi connectivity index (χ3n) is 11.6. The Bertz CT molecular complexity index is 2590. The number of halogens is 1. The summed E-state index contributed by atoms with van der Waals surface area (Å²) in [7, 11) is 0. The highest BCUT2D eigenvalue weighted by Gasteiger charge is 2.47. The largest absolute Gasteiger partial charge is 0.385 e. The zero-order chi connectivity index (χ0) is 51.0. The Kier molecular flexibility index (Phi) is 16.4. The van der Waals surface area contributed by atoms with Gasteiger partial charge in [0, 0.05) is 50.3 Å². The molecule has 0 saturated carbocycles. The van der Waals surface area contributed by atoms with Gasteiger partial charge in [-0.2, -0.15) is 0 Å². The Labute approximate surface area is 399 Å². The fraction of sp³-hybridized carbons (Fsp3) is 0.362. The predicted molar refractivity (Wildman–Crippen MR) is 245 cm³/mol. The summed E-state index contributed by atoms with van der Waals surface area (Å²) in [5.41, 5.74) is 13.0. The van der Waals surface area contributed by atoms with Crippen LogP contribution < -0.4 is 38.1 Å². The Hall–Kier alpha value is -8.05. The number of amides is 12. The molecule has 6 heterocycles. The number of piperidine rings is 3. The molecule has 12 amide bonds. The highest BCUT2D eigenvalue weighted by molar-refractivity contribution is 6.25. The summed E-state index contributed by atoms with van der Waals surface area (Å²) in [5.74, 6) is -7.08. The van der Waals surface area contributed by atoms with Gasteiger partial charge in [-0.15, -0.1) is 0 Å². The fourth-order valence-electron chi connectivity index (χ4n) is 8.09. The van der Waals surface area contributed by atoms with Crippen LogP contribution in [-0.4, -0.2) is 130 Å². The van der Waals surface area contributed by atoms with Crippen molar-refractivity contribution in [1.29, 1.82) is 0 Å². The van der Waals surface area contributed by atoms with Crippen molar-refractivity contribution in [2.24, 2.45) is 11.5 Å². The van der Waals surface area contributed by atoms with Crippen molar-refractivity contribution in [3.05, 3.63) is 93.8 Å². The molecule has 3 aromatic rings. The fourth-order valence-corrected chi connectivity index (χ4v) is 8.09. The van der Waals surface area contributed by atoms with Gasteiger partial charge >= 0.3 is 0 Å². The van der Waals surface area contributed by atoms with Gasteiger partial charge in [0.1, 0.15) is 23.9 Å². The maximum atomic E-state index is 13.2. The lowest BCUT2D eigenvalue weighted by Gasteiger charge is -2.27. The maximum Gasteiger partial charge on any atom is 0.262 e. The number of nitrogens with one attached hydrogen (secondary N) is 5. The number of nitrogens with zero attached hydrogens (tertiary/aromatic N) is 3. The normalized spacial score (nSPS) is 20.2. The minimum atomic E-state index is -1.02. The average molecular weight is 967 g/mol. The van der Waals surface area contributed by atoms with Gasteiger partial charge in [0.2, 0.25) is 35.4 Å². The Morgan fingerprint density at radius 2 is 0.800 bits per heavy atom. The molecule has 3 saturated heterocycles. The van der Waals surface area contributed by atoms with E-state index in [1.54, 1.807) is 36.4 Å². The second kappa shape index (κ2) is 22.4. The highest BCUT2D eigenvalue weighted by Crippen LogP contribution is 2.32. The molecule has 3 aromatic carbocycles. The molecular weight excluding hydrogens is 916 g/mol. The van der Waals surface area contributed by atoms with Crippen LogP contribution in [0.2, 0.25) is 0 Å². The number of nitrogens with two attached hydrogens (primary N) is 2. The highest BCUT2D eigenvalue weighted by atomic mass is 19.1. The first kappa shape index (κ1) is 51.3. The molecule has 70 heavy (non-hydrogen) atoms. The van der Waals surface area contributed by atoms with Crippen LogP contribution in [0.25, 0.3) is 0 Å². The molecule has 3 atom stereocenters. The van der Waals surface area contributed by atoms with Crippen molar-refractivity contribution >= 4 is 82.3 Å². The number of anilines is 2. The Morgan fingerprint density at radius 3 is 1.13 bits per heavy atom. The number of rotatable bonds is 10. The number of hydrogen-bond donors (Lipinski definition) is 7. The minimum absolute atomic E-state index is 0.0537. The van der Waals surface area contributed by atoms with Crippen LogP contribution in [0.1, 0.15) is 127 Å². The number of carbonyl (C=O) groups excluding carboxylic acids is 12. The zero-order valence-corrected chi connectivity index (χ0v) is 38.2. The van der Waals surface area contributed by atoms with Crippen molar-refractivity contribution in [3.8, 4) is 0 Å². The molecule has 3 fully saturated rings. The summed E-state index contributed by atoms with van der Waals surface area (Å²) in [6.07, 6.45) is 2.70. The van der Waals surface area contributed by atoms with Crippen molar-refractivity contribution in [3.63, 3.8) is 0 Å². The third-order valence-corrected chi connectivity index (χ3v) is 11.6. The molecule has 0 spiro atoms. The molecule has 23 heteroatoms. The number of fused-ring (bicyclic) bond motifs is 3. The van der Waals surface area contributed by atoms with Gasteiger partial charge in [-0.05, 0) is 93.2 Å². The SMILES string of the molecule is CCCN.CCCNc1ccc2c(c1)C(=O)N(C1CCC(=O)NC1=O)C2=O.NCCNc1ccc2c(c1)C(=O)N(C1CCC(=O)NC1=O)C2=O.O=C1CCC(N2C(=O)c3ccc(F)cc3C2=O)C(=O)N1. The van der Waals surface area contributed by atoms with E-state index >= 15 is 0 Å². The summed E-state index contributed by atoms with van der Waals surface area (Å²) in [6.45, 7) is 6.64. The van der Waals surface area contributed by atoms with Crippen LogP contribution in [-0.2, 0) is 28.8 Å². The summed E-state index contributed by atoms with van der Waals surface area (Å²) in [5, 5.41) is 12.6. The van der Waals surface area contributed by atoms with Gasteiger partial charge in [0.15, 0.2) is 0 Å². The van der Waals surface area contributed by atoms with E-state index in [4.69, 9.17) is 11.5 Å². The maximum absolute atomic E-state index is 13.2. The number of benzene rings is 3. The first-order chi connectivity index (χ1) is 33.4. The number of hydrogen-bond acceptors (Lipinski definition) is 16. The number of carbonyl (C=O) groups is 12. The summed E-state index contributed by atoms with van der Waals surface area (Å²) in [6, 6.07) is 10.2. The lowest BCUT2D eigenvalue weighted by atomic mass is 10.0. The molecule has 0 radical (unpaired) electrons. The Morgan fingerprint density at radius 1 is 0.471 bits per heavy atom. The zero-order valence-electron chi connectivity index (χ0n) is 38.2. The molecule has 368 valence electrons. The molecule has 3 unspecified atom stereocenters. The second-order valence-corrected chi connectivity index (χ2v) is 16.5. The third kappa shape index (κ3) is 10.8. The van der Waals surface area contributed by atoms with Crippen LogP contribution in [0.15, 0.2) is 54.6 Å². The molecule has 0 bridgehead atoms. The smallest absolute Gasteiger partial charge is 0.262 e. The quantitative estimate of drug-likeness (QED) is 0.139. The standard InChI is InChI=1S/C16H17N3O4.C15H16N4O4.C13H9FN2O4.C3H9N/c1-2-7-17-9-3-4-10-11(8-9)16(23)19(15(10)22)12-5-6-13(20)18-14(12)21;16-5-6-17-8-1-2-9-10(7-8)15(23)19(14(9)22)11-3-4-12(20)18-13(11)21;14-6-1-2-7-8(5-6)13(20)16(12(7)19)9-3-4-10(17)15-11(9)18;1-2-3-4/h3-4,8,12,17H,2,5-7H2,1H3,(H,18,20,21);1-2,7,11,17H,3-6,16H2,(H,18,20,21);1-2,5,9H,3-4H2,(H,15,17,18);2-4H2,1H3. The van der Waals surface area contributed by atoms with Gasteiger partial charge < -0.3 is 22.1 Å². The Balaban J connectivity index is 0.000000166. The first-order valence-electron chi connectivity index (χ1n) is 22.6. The number of imide groups is 6. The van der Waals surface area contributed by atoms with E-state index in [1.807, 2.05) is 6.92 Å². The van der Waals surface area contributed by atoms with Gasteiger partial charge in [-0.1, -0.05) is 13.8 Å². The van der Waals surface area contributed by atoms with Crippen molar-refractivity contribution in [1.82, 2.24) is 30.7 Å². The molecular formula is C47H51FN10O12. The van der Waals surface area contributed by atoms with Gasteiger partial charge in [0.05, 0.1) is 33.4 Å². The molecule has 0 aliphatic carbocycles. The van der Waals surface area contributed by atoms with Gasteiger partial charge in [-0.3, -0.25) is 88.2 Å². The van der Waals surface area contributed by atoms with Crippen molar-refractivity contribution < 1.29 is 61.9 Å². The van der Waals surface area contributed by atoms with E-state index in [9.17, 15) is 61.9 Å². The molecule has 9 N–H and O–H groups in total. The van der Waals surface area contributed by atoms with Gasteiger partial charge in [-0.25, -0.2) is 4.39 Å². The van der Waals surface area contributed by atoms with E-state index in [0.29, 0.717) is 29.9 Å². The molecule has 0 aromatic heterocycles. The second-order valence-electron chi connectivity index (χ2n) is 16.5. The predicted octanol–water partition coefficient (Wildman–Crippen LogP) is 0.950.